The lowest BCUT2D eigenvalue weighted by Gasteiger charge is -2.22. The molecule has 0 aliphatic rings. The Hall–Kier alpha value is -3.64. The number of hydrogen-bond donors (Lipinski definition) is 1. The zero-order valence-corrected chi connectivity index (χ0v) is 21.4. The quantitative estimate of drug-likeness (QED) is 0.211. The van der Waals surface area contributed by atoms with Crippen LogP contribution in [-0.2, 0) is 6.54 Å². The molecule has 6 nitrogen and oxygen atoms in total. The van der Waals surface area contributed by atoms with E-state index in [0.29, 0.717) is 17.8 Å². The number of para-hydroxylation sites is 1. The largest absolute Gasteiger partial charge is 0.457 e. The molecule has 35 heavy (non-hydrogen) atoms. The Kier molecular flexibility index (Phi) is 9.87. The summed E-state index contributed by atoms with van der Waals surface area (Å²) in [5, 5.41) is 9.84. The van der Waals surface area contributed by atoms with Gasteiger partial charge in [-0.3, -0.25) is 9.52 Å². The third-order valence-electron chi connectivity index (χ3n) is 4.89. The fraction of sp³-hybridized carbons (Fsp3) is 0.148. The van der Waals surface area contributed by atoms with E-state index in [-0.39, 0.29) is 0 Å². The lowest BCUT2D eigenvalue weighted by atomic mass is 10.1. The Morgan fingerprint density at radius 1 is 1.09 bits per heavy atom. The van der Waals surface area contributed by atoms with Gasteiger partial charge in [-0.05, 0) is 74.3 Å². The van der Waals surface area contributed by atoms with Crippen LogP contribution in [0.2, 0.25) is 0 Å². The van der Waals surface area contributed by atoms with Crippen LogP contribution in [-0.4, -0.2) is 24.6 Å². The Labute approximate surface area is 214 Å². The number of nitrogens with zero attached hydrogens (tertiary/aromatic N) is 3. The van der Waals surface area contributed by atoms with E-state index >= 15 is 0 Å². The van der Waals surface area contributed by atoms with Gasteiger partial charge in [0.1, 0.15) is 17.2 Å². The van der Waals surface area contributed by atoms with Gasteiger partial charge < -0.3 is 9.64 Å². The SMILES string of the molecule is CNSC.Cc1sc(N(Cc2cccc(Oc3ccccc3)c2)c2ccc(C#N)cc2)nc1C=O. The number of hydrogen-bond acceptors (Lipinski definition) is 8. The molecule has 0 atom stereocenters. The van der Waals surface area contributed by atoms with Gasteiger partial charge in [0.05, 0.1) is 18.2 Å². The molecule has 1 heterocycles. The van der Waals surface area contributed by atoms with Crippen molar-refractivity contribution in [2.45, 2.75) is 13.5 Å². The number of nitrogens with one attached hydrogen (secondary N) is 1. The number of benzene rings is 3. The summed E-state index contributed by atoms with van der Waals surface area (Å²) in [4.78, 5) is 18.7. The van der Waals surface area contributed by atoms with Gasteiger partial charge in [-0.1, -0.05) is 42.3 Å². The van der Waals surface area contributed by atoms with Crippen molar-refractivity contribution in [2.75, 3.05) is 18.2 Å². The van der Waals surface area contributed by atoms with E-state index in [0.717, 1.165) is 39.0 Å². The summed E-state index contributed by atoms with van der Waals surface area (Å²) in [7, 11) is 1.89. The maximum atomic E-state index is 11.3. The average molecular weight is 503 g/mol. The highest BCUT2D eigenvalue weighted by Crippen LogP contribution is 2.33. The number of aryl methyl sites for hydroxylation is 1. The molecule has 178 valence electrons. The molecule has 0 unspecified atom stereocenters. The van der Waals surface area contributed by atoms with Crippen molar-refractivity contribution in [2.24, 2.45) is 0 Å². The molecule has 0 aliphatic carbocycles. The zero-order valence-electron chi connectivity index (χ0n) is 19.8. The fourth-order valence-corrected chi connectivity index (χ4v) is 4.01. The summed E-state index contributed by atoms with van der Waals surface area (Å²) in [6.45, 7) is 2.42. The number of nitriles is 1. The van der Waals surface area contributed by atoms with Gasteiger partial charge in [-0.25, -0.2) is 4.98 Å². The van der Waals surface area contributed by atoms with Gasteiger partial charge in [0.2, 0.25) is 0 Å². The van der Waals surface area contributed by atoms with E-state index in [2.05, 4.69) is 15.8 Å². The summed E-state index contributed by atoms with van der Waals surface area (Å²) in [6.07, 6.45) is 2.76. The molecule has 8 heteroatoms. The van der Waals surface area contributed by atoms with E-state index in [1.165, 1.54) is 11.3 Å². The molecule has 1 aromatic heterocycles. The number of aldehydes is 1. The Morgan fingerprint density at radius 2 is 1.77 bits per heavy atom. The van der Waals surface area contributed by atoms with Crippen molar-refractivity contribution in [3.63, 3.8) is 0 Å². The van der Waals surface area contributed by atoms with Crippen molar-refractivity contribution < 1.29 is 9.53 Å². The number of carbonyl (C=O) groups is 1. The monoisotopic (exact) mass is 502 g/mol. The molecule has 0 saturated heterocycles. The topological polar surface area (TPSA) is 78.2 Å². The Bertz CT molecular complexity index is 1270. The molecule has 4 rings (SSSR count). The summed E-state index contributed by atoms with van der Waals surface area (Å²) >= 11 is 3.07. The molecular formula is C27H26N4O2S2. The molecule has 0 bridgehead atoms. The molecule has 0 aliphatic heterocycles. The number of aromatic nitrogens is 1. The third-order valence-corrected chi connectivity index (χ3v) is 6.31. The smallest absolute Gasteiger partial charge is 0.191 e. The van der Waals surface area contributed by atoms with Crippen LogP contribution in [0.15, 0.2) is 78.9 Å². The van der Waals surface area contributed by atoms with E-state index in [1.807, 2.05) is 91.9 Å². The highest BCUT2D eigenvalue weighted by Gasteiger charge is 2.17. The first-order valence-electron chi connectivity index (χ1n) is 10.8. The predicted octanol–water partition coefficient (Wildman–Crippen LogP) is 6.75. The van der Waals surface area contributed by atoms with Gasteiger partial charge >= 0.3 is 0 Å². The van der Waals surface area contributed by atoms with Crippen molar-refractivity contribution in [3.05, 3.63) is 101 Å². The number of ether oxygens (including phenoxy) is 1. The molecule has 4 aromatic rings. The van der Waals surface area contributed by atoms with E-state index < -0.39 is 0 Å². The first-order chi connectivity index (χ1) is 17.1. The van der Waals surface area contributed by atoms with Crippen LogP contribution >= 0.6 is 23.3 Å². The Balaban J connectivity index is 0.000000795. The minimum atomic E-state index is 0.444. The van der Waals surface area contributed by atoms with Crippen LogP contribution in [0.4, 0.5) is 10.8 Å². The second-order valence-corrected chi connectivity index (χ2v) is 9.27. The summed E-state index contributed by atoms with van der Waals surface area (Å²) < 4.78 is 8.82. The molecular weight excluding hydrogens is 476 g/mol. The highest BCUT2D eigenvalue weighted by atomic mass is 32.2. The first-order valence-corrected chi connectivity index (χ1v) is 12.8. The summed E-state index contributed by atoms with van der Waals surface area (Å²) in [5.74, 6) is 1.52. The minimum Gasteiger partial charge on any atom is -0.457 e. The third kappa shape index (κ3) is 7.42. The summed E-state index contributed by atoms with van der Waals surface area (Å²) in [6, 6.07) is 27.0. The van der Waals surface area contributed by atoms with Gasteiger partial charge in [0.25, 0.3) is 0 Å². The highest BCUT2D eigenvalue weighted by molar-refractivity contribution is 7.96. The molecule has 0 spiro atoms. The molecule has 0 radical (unpaired) electrons. The number of anilines is 2. The molecule has 1 N–H and O–H groups in total. The molecule has 0 saturated carbocycles. The predicted molar refractivity (Wildman–Crippen MR) is 145 cm³/mol. The molecule has 0 fully saturated rings. The maximum absolute atomic E-state index is 11.3. The second-order valence-electron chi connectivity index (χ2n) is 7.27. The standard InChI is InChI=1S/C25H19N3O2S.C2H7NS/c1-18-24(17-29)27-25(31-18)28(21-12-10-19(15-26)11-13-21)16-20-6-5-9-23(14-20)30-22-7-3-2-4-8-22;1-3-4-2/h2-14,17H,16H2,1H3;3H,1-2H3. The number of thiazole rings is 1. The van der Waals surface area contributed by atoms with E-state index in [4.69, 9.17) is 10.00 Å². The van der Waals surface area contributed by atoms with Crippen molar-refractivity contribution in [3.8, 4) is 17.6 Å². The van der Waals surface area contributed by atoms with Crippen LogP contribution < -0.4 is 14.4 Å². The van der Waals surface area contributed by atoms with Crippen molar-refractivity contribution >= 4 is 40.4 Å². The van der Waals surface area contributed by atoms with Crippen molar-refractivity contribution in [1.82, 2.24) is 9.71 Å². The molecule has 3 aromatic carbocycles. The second kappa shape index (κ2) is 13.3. The lowest BCUT2D eigenvalue weighted by Crippen LogP contribution is -2.16. The van der Waals surface area contributed by atoms with Gasteiger partial charge in [0, 0.05) is 10.6 Å². The zero-order chi connectivity index (χ0) is 25.0. The minimum absolute atomic E-state index is 0.444. The maximum Gasteiger partial charge on any atom is 0.191 e. The van der Waals surface area contributed by atoms with Crippen LogP contribution in [0.5, 0.6) is 11.5 Å². The average Bonchev–Trinajstić information content (AvgIpc) is 3.28. The normalized spacial score (nSPS) is 10.0. The fourth-order valence-electron chi connectivity index (χ4n) is 3.12. The number of rotatable bonds is 8. The number of carbonyl (C=O) groups excluding carboxylic acids is 1. The van der Waals surface area contributed by atoms with Gasteiger partial charge in [-0.2, -0.15) is 5.26 Å². The van der Waals surface area contributed by atoms with Crippen LogP contribution in [0.25, 0.3) is 0 Å². The van der Waals surface area contributed by atoms with Crippen LogP contribution in [0, 0.1) is 18.3 Å². The van der Waals surface area contributed by atoms with Crippen LogP contribution in [0.1, 0.15) is 26.5 Å². The lowest BCUT2D eigenvalue weighted by molar-refractivity contribution is 0.111. The van der Waals surface area contributed by atoms with Gasteiger partial charge in [0.15, 0.2) is 11.4 Å². The van der Waals surface area contributed by atoms with E-state index in [1.54, 1.807) is 24.1 Å². The van der Waals surface area contributed by atoms with E-state index in [9.17, 15) is 4.79 Å². The van der Waals surface area contributed by atoms with Crippen molar-refractivity contribution in [1.29, 1.82) is 5.26 Å². The Morgan fingerprint density at radius 3 is 2.37 bits per heavy atom. The van der Waals surface area contributed by atoms with Crippen LogP contribution in [0.3, 0.4) is 0 Å². The van der Waals surface area contributed by atoms with Gasteiger partial charge in [-0.15, -0.1) is 11.3 Å². The molecule has 0 amide bonds. The summed E-state index contributed by atoms with van der Waals surface area (Å²) in [5.41, 5.74) is 2.95. The first kappa shape index (κ1) is 26.0.